The van der Waals surface area contributed by atoms with Crippen molar-refractivity contribution in [3.05, 3.63) is 35.4 Å². The highest BCUT2D eigenvalue weighted by Gasteiger charge is 2.36. The van der Waals surface area contributed by atoms with Gasteiger partial charge >= 0.3 is 0 Å². The summed E-state index contributed by atoms with van der Waals surface area (Å²) in [6.07, 6.45) is 3.19. The smallest absolute Gasteiger partial charge is 0.0674 e. The van der Waals surface area contributed by atoms with E-state index < -0.39 is 0 Å². The molecule has 2 heteroatoms. The van der Waals surface area contributed by atoms with Crippen molar-refractivity contribution < 1.29 is 5.11 Å². The Morgan fingerprint density at radius 3 is 2.93 bits per heavy atom. The second kappa shape index (κ2) is 4.33. The molecular formula is C13H19NO. The van der Waals surface area contributed by atoms with Gasteiger partial charge < -0.3 is 10.4 Å². The van der Waals surface area contributed by atoms with Crippen LogP contribution in [-0.4, -0.2) is 18.3 Å². The van der Waals surface area contributed by atoms with Crippen molar-refractivity contribution in [3.8, 4) is 0 Å². The van der Waals surface area contributed by atoms with E-state index >= 15 is 0 Å². The molecule has 0 aliphatic heterocycles. The molecule has 0 amide bonds. The standard InChI is InChI=1S/C13H19NO/c1-2-9-14-13(10-15)8-7-11-5-3-4-6-12(11)13/h3-6,14-15H,2,7-10H2,1H3. The Bertz CT molecular complexity index is 337. The lowest BCUT2D eigenvalue weighted by Crippen LogP contribution is -2.44. The van der Waals surface area contributed by atoms with E-state index in [0.717, 1.165) is 25.8 Å². The van der Waals surface area contributed by atoms with Crippen LogP contribution in [0.5, 0.6) is 0 Å². The van der Waals surface area contributed by atoms with Gasteiger partial charge in [-0.15, -0.1) is 0 Å². The van der Waals surface area contributed by atoms with E-state index in [1.807, 2.05) is 0 Å². The molecule has 82 valence electrons. The maximum atomic E-state index is 9.63. The molecule has 2 N–H and O–H groups in total. The highest BCUT2D eigenvalue weighted by Crippen LogP contribution is 2.36. The zero-order chi connectivity index (χ0) is 10.7. The van der Waals surface area contributed by atoms with Gasteiger partial charge in [-0.05, 0) is 36.9 Å². The van der Waals surface area contributed by atoms with E-state index in [4.69, 9.17) is 0 Å². The van der Waals surface area contributed by atoms with Crippen molar-refractivity contribution in [1.82, 2.24) is 5.32 Å². The van der Waals surface area contributed by atoms with Gasteiger partial charge in [0.2, 0.25) is 0 Å². The molecule has 2 rings (SSSR count). The van der Waals surface area contributed by atoms with Crippen molar-refractivity contribution in [1.29, 1.82) is 0 Å². The first-order valence-corrected chi connectivity index (χ1v) is 5.76. The van der Waals surface area contributed by atoms with E-state index in [1.165, 1.54) is 11.1 Å². The number of hydrogen-bond acceptors (Lipinski definition) is 2. The van der Waals surface area contributed by atoms with Crippen LogP contribution in [0.2, 0.25) is 0 Å². The molecule has 0 fully saturated rings. The summed E-state index contributed by atoms with van der Waals surface area (Å²) >= 11 is 0. The first-order chi connectivity index (χ1) is 7.32. The largest absolute Gasteiger partial charge is 0.394 e. The molecule has 15 heavy (non-hydrogen) atoms. The summed E-state index contributed by atoms with van der Waals surface area (Å²) in [6.45, 7) is 3.32. The Hall–Kier alpha value is -0.860. The second-order valence-electron chi connectivity index (χ2n) is 4.32. The number of hydrogen-bond donors (Lipinski definition) is 2. The summed E-state index contributed by atoms with van der Waals surface area (Å²) in [5.74, 6) is 0. The molecule has 0 aromatic heterocycles. The molecule has 1 unspecified atom stereocenters. The zero-order valence-electron chi connectivity index (χ0n) is 9.29. The Labute approximate surface area is 91.3 Å². The fraction of sp³-hybridized carbons (Fsp3) is 0.538. The lowest BCUT2D eigenvalue weighted by Gasteiger charge is -2.29. The molecule has 2 nitrogen and oxygen atoms in total. The molecule has 1 atom stereocenters. The number of fused-ring (bicyclic) bond motifs is 1. The summed E-state index contributed by atoms with van der Waals surface area (Å²) in [4.78, 5) is 0. The molecule has 0 saturated heterocycles. The third-order valence-corrected chi connectivity index (χ3v) is 3.34. The van der Waals surface area contributed by atoms with Crippen LogP contribution in [0.15, 0.2) is 24.3 Å². The van der Waals surface area contributed by atoms with Gasteiger partial charge in [0.1, 0.15) is 0 Å². The zero-order valence-corrected chi connectivity index (χ0v) is 9.29. The van der Waals surface area contributed by atoms with Crippen LogP contribution in [0.1, 0.15) is 30.9 Å². The minimum atomic E-state index is -0.174. The predicted octanol–water partition coefficient (Wildman–Crippen LogP) is 1.82. The van der Waals surface area contributed by atoms with Crippen LogP contribution in [0.3, 0.4) is 0 Å². The number of rotatable bonds is 4. The monoisotopic (exact) mass is 205 g/mol. The van der Waals surface area contributed by atoms with Gasteiger partial charge in [-0.3, -0.25) is 0 Å². The first kappa shape index (κ1) is 10.7. The van der Waals surface area contributed by atoms with Crippen molar-refractivity contribution in [2.24, 2.45) is 0 Å². The number of nitrogens with one attached hydrogen (secondary N) is 1. The highest BCUT2D eigenvalue weighted by molar-refractivity contribution is 5.38. The van der Waals surface area contributed by atoms with Crippen molar-refractivity contribution in [3.63, 3.8) is 0 Å². The van der Waals surface area contributed by atoms with Gasteiger partial charge in [-0.2, -0.15) is 0 Å². The average molecular weight is 205 g/mol. The molecule has 1 aliphatic carbocycles. The Balaban J connectivity index is 2.28. The maximum Gasteiger partial charge on any atom is 0.0674 e. The van der Waals surface area contributed by atoms with Crippen LogP contribution >= 0.6 is 0 Å². The lowest BCUT2D eigenvalue weighted by molar-refractivity contribution is 0.161. The molecule has 1 aromatic carbocycles. The Morgan fingerprint density at radius 2 is 2.20 bits per heavy atom. The molecule has 1 aromatic rings. The van der Waals surface area contributed by atoms with Gasteiger partial charge in [0.05, 0.1) is 12.1 Å². The molecule has 0 spiro atoms. The molecule has 0 bridgehead atoms. The van der Waals surface area contributed by atoms with Crippen LogP contribution in [0, 0.1) is 0 Å². The highest BCUT2D eigenvalue weighted by atomic mass is 16.3. The third kappa shape index (κ3) is 1.80. The van der Waals surface area contributed by atoms with Crippen molar-refractivity contribution in [2.75, 3.05) is 13.2 Å². The lowest BCUT2D eigenvalue weighted by atomic mass is 9.92. The first-order valence-electron chi connectivity index (χ1n) is 5.76. The summed E-state index contributed by atoms with van der Waals surface area (Å²) in [5.41, 5.74) is 2.50. The molecule has 0 saturated carbocycles. The van der Waals surface area contributed by atoms with Crippen LogP contribution in [0.4, 0.5) is 0 Å². The average Bonchev–Trinajstić information content (AvgIpc) is 2.66. The van der Waals surface area contributed by atoms with E-state index in [1.54, 1.807) is 0 Å². The van der Waals surface area contributed by atoms with Crippen molar-refractivity contribution in [2.45, 2.75) is 31.7 Å². The maximum absolute atomic E-state index is 9.63. The van der Waals surface area contributed by atoms with E-state index in [9.17, 15) is 5.11 Å². The van der Waals surface area contributed by atoms with Crippen LogP contribution in [-0.2, 0) is 12.0 Å². The van der Waals surface area contributed by atoms with Gasteiger partial charge in [0.25, 0.3) is 0 Å². The minimum absolute atomic E-state index is 0.174. The summed E-state index contributed by atoms with van der Waals surface area (Å²) in [6, 6.07) is 8.44. The fourth-order valence-electron chi connectivity index (χ4n) is 2.46. The summed E-state index contributed by atoms with van der Waals surface area (Å²) in [7, 11) is 0. The topological polar surface area (TPSA) is 32.3 Å². The van der Waals surface area contributed by atoms with Gasteiger partial charge in [0.15, 0.2) is 0 Å². The number of aryl methyl sites for hydroxylation is 1. The number of aliphatic hydroxyl groups excluding tert-OH is 1. The quantitative estimate of drug-likeness (QED) is 0.786. The van der Waals surface area contributed by atoms with Crippen LogP contribution in [0.25, 0.3) is 0 Å². The Kier molecular flexibility index (Phi) is 3.08. The fourth-order valence-corrected chi connectivity index (χ4v) is 2.46. The molecule has 1 aliphatic rings. The van der Waals surface area contributed by atoms with E-state index in [2.05, 4.69) is 36.5 Å². The predicted molar refractivity (Wildman–Crippen MR) is 61.8 cm³/mol. The minimum Gasteiger partial charge on any atom is -0.394 e. The molecular weight excluding hydrogens is 186 g/mol. The normalized spacial score (nSPS) is 24.1. The summed E-state index contributed by atoms with van der Waals surface area (Å²) in [5, 5.41) is 13.1. The number of aliphatic hydroxyl groups is 1. The van der Waals surface area contributed by atoms with Gasteiger partial charge in [-0.1, -0.05) is 31.2 Å². The van der Waals surface area contributed by atoms with Crippen LogP contribution < -0.4 is 5.32 Å². The summed E-state index contributed by atoms with van der Waals surface area (Å²) < 4.78 is 0. The second-order valence-corrected chi connectivity index (χ2v) is 4.32. The van der Waals surface area contributed by atoms with Crippen molar-refractivity contribution >= 4 is 0 Å². The molecule has 0 radical (unpaired) electrons. The molecule has 0 heterocycles. The van der Waals surface area contributed by atoms with E-state index in [0.29, 0.717) is 0 Å². The Morgan fingerprint density at radius 1 is 1.40 bits per heavy atom. The van der Waals surface area contributed by atoms with Gasteiger partial charge in [0, 0.05) is 0 Å². The third-order valence-electron chi connectivity index (χ3n) is 3.34. The SMILES string of the molecule is CCCNC1(CO)CCc2ccccc21. The number of benzene rings is 1. The van der Waals surface area contributed by atoms with Gasteiger partial charge in [-0.25, -0.2) is 0 Å². The van der Waals surface area contributed by atoms with E-state index in [-0.39, 0.29) is 12.1 Å².